The van der Waals surface area contributed by atoms with Crippen molar-refractivity contribution in [1.29, 1.82) is 0 Å². The van der Waals surface area contributed by atoms with E-state index in [0.717, 1.165) is 0 Å². The molecule has 104 valence electrons. The highest BCUT2D eigenvalue weighted by atomic mass is 35.5. The fourth-order valence-electron chi connectivity index (χ4n) is 1.45. The molecular formula is C11H24ClNO3S. The van der Waals surface area contributed by atoms with E-state index >= 15 is 0 Å². The van der Waals surface area contributed by atoms with Crippen molar-refractivity contribution in [2.24, 2.45) is 5.41 Å². The van der Waals surface area contributed by atoms with Gasteiger partial charge >= 0.3 is 0 Å². The average molecular weight is 286 g/mol. The molecule has 0 radical (unpaired) electrons. The van der Waals surface area contributed by atoms with E-state index in [1.54, 1.807) is 7.11 Å². The fourth-order valence-corrected chi connectivity index (χ4v) is 3.19. The van der Waals surface area contributed by atoms with Crippen molar-refractivity contribution in [2.45, 2.75) is 39.7 Å². The van der Waals surface area contributed by atoms with Crippen LogP contribution >= 0.6 is 11.6 Å². The summed E-state index contributed by atoms with van der Waals surface area (Å²) >= 11 is 5.70. The third kappa shape index (κ3) is 7.97. The predicted molar refractivity (Wildman–Crippen MR) is 72.0 cm³/mol. The van der Waals surface area contributed by atoms with Crippen molar-refractivity contribution in [3.05, 3.63) is 0 Å². The van der Waals surface area contributed by atoms with Crippen molar-refractivity contribution in [3.63, 3.8) is 0 Å². The molecule has 0 spiro atoms. The molecule has 0 fully saturated rings. The van der Waals surface area contributed by atoms with Crippen LogP contribution in [-0.4, -0.2) is 39.8 Å². The smallest absolute Gasteiger partial charge is 0.211 e. The Balaban J connectivity index is 4.43. The summed E-state index contributed by atoms with van der Waals surface area (Å²) in [7, 11) is -1.69. The van der Waals surface area contributed by atoms with Crippen molar-refractivity contribution >= 4 is 21.6 Å². The second-order valence-corrected chi connectivity index (χ2v) is 7.43. The lowest BCUT2D eigenvalue weighted by Crippen LogP contribution is -2.44. The lowest BCUT2D eigenvalue weighted by Gasteiger charge is -2.30. The van der Waals surface area contributed by atoms with E-state index < -0.39 is 10.0 Å². The molecule has 0 saturated heterocycles. The van der Waals surface area contributed by atoms with Crippen molar-refractivity contribution in [3.8, 4) is 0 Å². The molecule has 0 aliphatic carbocycles. The van der Waals surface area contributed by atoms with Gasteiger partial charge in [-0.2, -0.15) is 0 Å². The summed E-state index contributed by atoms with van der Waals surface area (Å²) in [5.74, 6) is 0.540. The first-order valence-electron chi connectivity index (χ1n) is 5.78. The van der Waals surface area contributed by atoms with E-state index in [2.05, 4.69) is 4.72 Å². The Hall–Kier alpha value is 0.160. The van der Waals surface area contributed by atoms with Gasteiger partial charge in [-0.05, 0) is 18.3 Å². The standard InChI is InChI=1S/C11H24ClNO3S/c1-11(2,3)10(6-7-12)13-17(14,15)9-5-8-16-4/h10,13H,5-9H2,1-4H3. The number of sulfonamides is 1. The molecule has 0 aromatic heterocycles. The highest BCUT2D eigenvalue weighted by Crippen LogP contribution is 2.23. The second kappa shape index (κ2) is 7.56. The van der Waals surface area contributed by atoms with Gasteiger partial charge < -0.3 is 4.74 Å². The van der Waals surface area contributed by atoms with Gasteiger partial charge in [-0.3, -0.25) is 0 Å². The third-order valence-electron chi connectivity index (χ3n) is 2.53. The van der Waals surface area contributed by atoms with E-state index in [4.69, 9.17) is 16.3 Å². The summed E-state index contributed by atoms with van der Waals surface area (Å²) in [4.78, 5) is 0. The predicted octanol–water partition coefficient (Wildman–Crippen LogP) is 1.99. The Bertz CT molecular complexity index is 298. The van der Waals surface area contributed by atoms with Crippen LogP contribution in [0, 0.1) is 5.41 Å². The van der Waals surface area contributed by atoms with E-state index in [1.165, 1.54) is 0 Å². The average Bonchev–Trinajstić information content (AvgIpc) is 2.15. The number of halogens is 1. The van der Waals surface area contributed by atoms with Gasteiger partial charge in [0.05, 0.1) is 5.75 Å². The number of methoxy groups -OCH3 is 1. The van der Waals surface area contributed by atoms with Crippen molar-refractivity contribution < 1.29 is 13.2 Å². The van der Waals surface area contributed by atoms with Crippen LogP contribution in [0.3, 0.4) is 0 Å². The zero-order valence-electron chi connectivity index (χ0n) is 11.1. The molecule has 0 rings (SSSR count). The molecule has 0 aliphatic heterocycles. The Morgan fingerprint density at radius 1 is 1.35 bits per heavy atom. The van der Waals surface area contributed by atoms with Gasteiger partial charge in [0.25, 0.3) is 0 Å². The molecule has 17 heavy (non-hydrogen) atoms. The van der Waals surface area contributed by atoms with Crippen molar-refractivity contribution in [1.82, 2.24) is 4.72 Å². The van der Waals surface area contributed by atoms with Crippen LogP contribution < -0.4 is 4.72 Å². The maximum Gasteiger partial charge on any atom is 0.211 e. The molecule has 0 saturated carbocycles. The lowest BCUT2D eigenvalue weighted by molar-refractivity contribution is 0.199. The van der Waals surface area contributed by atoms with E-state index in [9.17, 15) is 8.42 Å². The third-order valence-corrected chi connectivity index (χ3v) is 4.21. The summed E-state index contributed by atoms with van der Waals surface area (Å²) in [6.45, 7) is 6.46. The van der Waals surface area contributed by atoms with Crippen molar-refractivity contribution in [2.75, 3.05) is 25.3 Å². The Morgan fingerprint density at radius 2 is 1.94 bits per heavy atom. The Morgan fingerprint density at radius 3 is 2.35 bits per heavy atom. The molecule has 1 N–H and O–H groups in total. The molecule has 1 unspecified atom stereocenters. The molecule has 0 heterocycles. The molecule has 4 nitrogen and oxygen atoms in total. The summed E-state index contributed by atoms with van der Waals surface area (Å²) < 4.78 is 31.2. The van der Waals surface area contributed by atoms with E-state index in [0.29, 0.717) is 25.3 Å². The Kier molecular flexibility index (Phi) is 7.63. The SMILES string of the molecule is COCCCS(=O)(=O)NC(CCCl)C(C)(C)C. The van der Waals surface area contributed by atoms with E-state index in [-0.39, 0.29) is 17.2 Å². The topological polar surface area (TPSA) is 55.4 Å². The highest BCUT2D eigenvalue weighted by molar-refractivity contribution is 7.89. The Labute approximate surface area is 110 Å². The minimum atomic E-state index is -3.25. The molecule has 0 bridgehead atoms. The number of hydrogen-bond acceptors (Lipinski definition) is 3. The summed E-state index contributed by atoms with van der Waals surface area (Å²) in [5, 5.41) is 0. The monoisotopic (exact) mass is 285 g/mol. The minimum Gasteiger partial charge on any atom is -0.385 e. The first kappa shape index (κ1) is 17.2. The number of alkyl halides is 1. The molecule has 0 amide bonds. The highest BCUT2D eigenvalue weighted by Gasteiger charge is 2.27. The number of ether oxygens (including phenoxy) is 1. The summed E-state index contributed by atoms with van der Waals surface area (Å²) in [6, 6.07) is -0.132. The molecule has 0 aromatic carbocycles. The van der Waals surface area contributed by atoms with Crippen LogP contribution in [0.1, 0.15) is 33.6 Å². The number of hydrogen-bond donors (Lipinski definition) is 1. The molecule has 1 atom stereocenters. The van der Waals surface area contributed by atoms with Crippen LogP contribution in [0.15, 0.2) is 0 Å². The van der Waals surface area contributed by atoms with Gasteiger partial charge in [0.2, 0.25) is 10.0 Å². The van der Waals surface area contributed by atoms with Crippen LogP contribution in [-0.2, 0) is 14.8 Å². The lowest BCUT2D eigenvalue weighted by atomic mass is 9.86. The van der Waals surface area contributed by atoms with Gasteiger partial charge in [-0.1, -0.05) is 20.8 Å². The summed E-state index contributed by atoms with van der Waals surface area (Å²) in [5.41, 5.74) is -0.136. The second-order valence-electron chi connectivity index (χ2n) is 5.18. The first-order valence-corrected chi connectivity index (χ1v) is 7.96. The molecule has 0 aliphatic rings. The molecule has 6 heteroatoms. The zero-order valence-corrected chi connectivity index (χ0v) is 12.7. The normalized spacial score (nSPS) is 14.9. The van der Waals surface area contributed by atoms with Gasteiger partial charge in [0, 0.05) is 25.6 Å². The number of nitrogens with one attached hydrogen (secondary N) is 1. The first-order chi connectivity index (χ1) is 7.73. The van der Waals surface area contributed by atoms with Gasteiger partial charge in [0.1, 0.15) is 0 Å². The van der Waals surface area contributed by atoms with Crippen LogP contribution in [0.25, 0.3) is 0 Å². The molecular weight excluding hydrogens is 262 g/mol. The van der Waals surface area contributed by atoms with Crippen LogP contribution in [0.4, 0.5) is 0 Å². The number of rotatable bonds is 8. The van der Waals surface area contributed by atoms with Gasteiger partial charge in [-0.25, -0.2) is 13.1 Å². The maximum atomic E-state index is 11.8. The van der Waals surface area contributed by atoms with E-state index in [1.807, 2.05) is 20.8 Å². The quantitative estimate of drug-likeness (QED) is 0.548. The van der Waals surface area contributed by atoms with Crippen LogP contribution in [0.5, 0.6) is 0 Å². The van der Waals surface area contributed by atoms with Gasteiger partial charge in [-0.15, -0.1) is 11.6 Å². The largest absolute Gasteiger partial charge is 0.385 e. The maximum absolute atomic E-state index is 11.8. The zero-order chi connectivity index (χ0) is 13.5. The molecule has 0 aromatic rings. The fraction of sp³-hybridized carbons (Fsp3) is 1.00. The van der Waals surface area contributed by atoms with Gasteiger partial charge in [0.15, 0.2) is 0 Å². The van der Waals surface area contributed by atoms with Crippen LogP contribution in [0.2, 0.25) is 0 Å². The summed E-state index contributed by atoms with van der Waals surface area (Å²) in [6.07, 6.45) is 1.14. The minimum absolute atomic E-state index is 0.0930.